The number of anilines is 1. The highest BCUT2D eigenvalue weighted by Gasteiger charge is 2.01. The summed E-state index contributed by atoms with van der Waals surface area (Å²) in [4.78, 5) is 0. The molecule has 0 unspecified atom stereocenters. The van der Waals surface area contributed by atoms with Crippen molar-refractivity contribution in [3.05, 3.63) is 23.8 Å². The van der Waals surface area contributed by atoms with Gasteiger partial charge in [-0.05, 0) is 25.1 Å². The van der Waals surface area contributed by atoms with Gasteiger partial charge in [-0.1, -0.05) is 0 Å². The summed E-state index contributed by atoms with van der Waals surface area (Å²) in [6.45, 7) is 2.53. The lowest BCUT2D eigenvalue weighted by atomic mass is 10.2. The van der Waals surface area contributed by atoms with E-state index in [1.54, 1.807) is 13.1 Å². The van der Waals surface area contributed by atoms with Crippen LogP contribution in [0.1, 0.15) is 12.5 Å². The molecule has 0 heterocycles. The van der Waals surface area contributed by atoms with Crippen LogP contribution in [0.25, 0.3) is 0 Å². The molecule has 0 aromatic heterocycles. The predicted molar refractivity (Wildman–Crippen MR) is 51.9 cm³/mol. The van der Waals surface area contributed by atoms with Gasteiger partial charge in [-0.25, -0.2) is 0 Å². The number of nitriles is 1. The van der Waals surface area contributed by atoms with E-state index < -0.39 is 0 Å². The lowest BCUT2D eigenvalue weighted by molar-refractivity contribution is 0.340. The van der Waals surface area contributed by atoms with Crippen LogP contribution < -0.4 is 10.1 Å². The van der Waals surface area contributed by atoms with Crippen LogP contribution in [0.4, 0.5) is 5.69 Å². The number of nitrogens with one attached hydrogen (secondary N) is 1. The SMILES string of the molecule is CCOc1ccc(NC)c(C#N)c1. The van der Waals surface area contributed by atoms with Crippen molar-refractivity contribution in [3.8, 4) is 11.8 Å². The zero-order chi connectivity index (χ0) is 9.68. The Morgan fingerprint density at radius 2 is 2.31 bits per heavy atom. The fourth-order valence-corrected chi connectivity index (χ4v) is 1.09. The summed E-state index contributed by atoms with van der Waals surface area (Å²) in [7, 11) is 1.79. The second kappa shape index (κ2) is 4.36. The van der Waals surface area contributed by atoms with Crippen LogP contribution in [-0.2, 0) is 0 Å². The summed E-state index contributed by atoms with van der Waals surface area (Å²) in [5.74, 6) is 0.734. The molecule has 0 aliphatic rings. The first kappa shape index (κ1) is 9.40. The molecule has 0 aliphatic heterocycles. The van der Waals surface area contributed by atoms with E-state index in [0.29, 0.717) is 12.2 Å². The number of benzene rings is 1. The van der Waals surface area contributed by atoms with Crippen molar-refractivity contribution >= 4 is 5.69 Å². The Labute approximate surface area is 77.9 Å². The average Bonchev–Trinajstić information content (AvgIpc) is 2.18. The lowest BCUT2D eigenvalue weighted by Crippen LogP contribution is -1.95. The van der Waals surface area contributed by atoms with Crippen LogP contribution in [0.5, 0.6) is 5.75 Å². The molecule has 3 nitrogen and oxygen atoms in total. The number of hydrogen-bond acceptors (Lipinski definition) is 3. The van der Waals surface area contributed by atoms with E-state index in [9.17, 15) is 0 Å². The summed E-state index contributed by atoms with van der Waals surface area (Å²) < 4.78 is 5.27. The van der Waals surface area contributed by atoms with Gasteiger partial charge >= 0.3 is 0 Å². The van der Waals surface area contributed by atoms with Crippen LogP contribution in [0, 0.1) is 11.3 Å². The third-order valence-corrected chi connectivity index (χ3v) is 1.69. The van der Waals surface area contributed by atoms with Crippen molar-refractivity contribution in [2.45, 2.75) is 6.92 Å². The second-order valence-corrected chi connectivity index (χ2v) is 2.50. The van der Waals surface area contributed by atoms with Crippen molar-refractivity contribution in [2.24, 2.45) is 0 Å². The minimum atomic E-state index is 0.605. The van der Waals surface area contributed by atoms with Crippen molar-refractivity contribution < 1.29 is 4.74 Å². The van der Waals surface area contributed by atoms with Gasteiger partial charge in [0.05, 0.1) is 17.9 Å². The maximum atomic E-state index is 8.80. The van der Waals surface area contributed by atoms with Gasteiger partial charge in [0.2, 0.25) is 0 Å². The molecule has 0 aliphatic carbocycles. The van der Waals surface area contributed by atoms with Gasteiger partial charge in [0, 0.05) is 7.05 Å². The number of nitrogens with zero attached hydrogens (tertiary/aromatic N) is 1. The van der Waals surface area contributed by atoms with Crippen LogP contribution >= 0.6 is 0 Å². The van der Waals surface area contributed by atoms with Crippen molar-refractivity contribution in [1.29, 1.82) is 5.26 Å². The van der Waals surface area contributed by atoms with Crippen molar-refractivity contribution in [2.75, 3.05) is 19.0 Å². The zero-order valence-corrected chi connectivity index (χ0v) is 7.79. The minimum Gasteiger partial charge on any atom is -0.494 e. The van der Waals surface area contributed by atoms with E-state index >= 15 is 0 Å². The molecule has 0 amide bonds. The zero-order valence-electron chi connectivity index (χ0n) is 7.79. The normalized spacial score (nSPS) is 9.00. The summed E-state index contributed by atoms with van der Waals surface area (Å²) >= 11 is 0. The van der Waals surface area contributed by atoms with E-state index in [-0.39, 0.29) is 0 Å². The molecule has 0 atom stereocenters. The average molecular weight is 176 g/mol. The molecular weight excluding hydrogens is 164 g/mol. The van der Waals surface area contributed by atoms with Gasteiger partial charge in [0.1, 0.15) is 11.8 Å². The van der Waals surface area contributed by atoms with Gasteiger partial charge in [0.25, 0.3) is 0 Å². The highest BCUT2D eigenvalue weighted by Crippen LogP contribution is 2.20. The van der Waals surface area contributed by atoms with Crippen molar-refractivity contribution in [1.82, 2.24) is 0 Å². The molecule has 0 fully saturated rings. The molecule has 3 heteroatoms. The molecule has 0 saturated carbocycles. The second-order valence-electron chi connectivity index (χ2n) is 2.50. The minimum absolute atomic E-state index is 0.605. The maximum absolute atomic E-state index is 8.80. The Hall–Kier alpha value is -1.69. The van der Waals surface area contributed by atoms with Gasteiger partial charge in [0.15, 0.2) is 0 Å². The van der Waals surface area contributed by atoms with Crippen LogP contribution in [0.2, 0.25) is 0 Å². The van der Waals surface area contributed by atoms with E-state index in [4.69, 9.17) is 10.00 Å². The first-order valence-corrected chi connectivity index (χ1v) is 4.16. The third kappa shape index (κ3) is 2.12. The lowest BCUT2D eigenvalue weighted by Gasteiger charge is -2.06. The standard InChI is InChI=1S/C10H12N2O/c1-3-13-9-4-5-10(12-2)8(6-9)7-11/h4-6,12H,3H2,1-2H3. The number of hydrogen-bond donors (Lipinski definition) is 1. The first-order chi connectivity index (χ1) is 6.31. The Bertz CT molecular complexity index is 328. The quantitative estimate of drug-likeness (QED) is 0.766. The molecular formula is C10H12N2O. The summed E-state index contributed by atoms with van der Waals surface area (Å²) in [6.07, 6.45) is 0. The maximum Gasteiger partial charge on any atom is 0.120 e. The third-order valence-electron chi connectivity index (χ3n) is 1.69. The molecule has 1 aromatic rings. The number of rotatable bonds is 3. The summed E-state index contributed by atoms with van der Waals surface area (Å²) in [5, 5.41) is 11.7. The Kier molecular flexibility index (Phi) is 3.15. The largest absolute Gasteiger partial charge is 0.494 e. The topological polar surface area (TPSA) is 45.0 Å². The summed E-state index contributed by atoms with van der Waals surface area (Å²) in [6, 6.07) is 7.51. The molecule has 0 radical (unpaired) electrons. The van der Waals surface area contributed by atoms with Crippen LogP contribution in [-0.4, -0.2) is 13.7 Å². The van der Waals surface area contributed by atoms with E-state index in [1.165, 1.54) is 0 Å². The predicted octanol–water partition coefficient (Wildman–Crippen LogP) is 2.00. The van der Waals surface area contributed by atoms with Crippen LogP contribution in [0.3, 0.4) is 0 Å². The van der Waals surface area contributed by atoms with Gasteiger partial charge < -0.3 is 10.1 Å². The van der Waals surface area contributed by atoms with Gasteiger partial charge in [-0.15, -0.1) is 0 Å². The molecule has 0 saturated heterocycles. The highest BCUT2D eigenvalue weighted by molar-refractivity contribution is 5.59. The van der Waals surface area contributed by atoms with E-state index in [2.05, 4.69) is 11.4 Å². The fourth-order valence-electron chi connectivity index (χ4n) is 1.09. The van der Waals surface area contributed by atoms with Crippen molar-refractivity contribution in [3.63, 3.8) is 0 Å². The van der Waals surface area contributed by atoms with Gasteiger partial charge in [-0.2, -0.15) is 5.26 Å². The molecule has 68 valence electrons. The molecule has 1 aromatic carbocycles. The molecule has 1 rings (SSSR count). The fraction of sp³-hybridized carbons (Fsp3) is 0.300. The Morgan fingerprint density at radius 3 is 2.85 bits per heavy atom. The molecule has 0 bridgehead atoms. The number of ether oxygens (including phenoxy) is 1. The monoisotopic (exact) mass is 176 g/mol. The summed E-state index contributed by atoms with van der Waals surface area (Å²) in [5.41, 5.74) is 1.43. The van der Waals surface area contributed by atoms with Crippen LogP contribution in [0.15, 0.2) is 18.2 Å². The Balaban J connectivity index is 3.00. The van der Waals surface area contributed by atoms with E-state index in [1.807, 2.05) is 19.1 Å². The highest BCUT2D eigenvalue weighted by atomic mass is 16.5. The molecule has 0 spiro atoms. The first-order valence-electron chi connectivity index (χ1n) is 4.16. The van der Waals surface area contributed by atoms with Gasteiger partial charge in [-0.3, -0.25) is 0 Å². The Morgan fingerprint density at radius 1 is 1.54 bits per heavy atom. The van der Waals surface area contributed by atoms with E-state index in [0.717, 1.165) is 11.4 Å². The molecule has 1 N–H and O–H groups in total. The molecule has 13 heavy (non-hydrogen) atoms. The smallest absolute Gasteiger partial charge is 0.120 e.